The number of nitro groups is 1. The van der Waals surface area contributed by atoms with E-state index in [0.717, 1.165) is 16.0 Å². The fraction of sp³-hybridized carbons (Fsp3) is 0.158. The van der Waals surface area contributed by atoms with Crippen molar-refractivity contribution in [1.82, 2.24) is 9.55 Å². The van der Waals surface area contributed by atoms with Crippen LogP contribution in [0.1, 0.15) is 5.56 Å². The molecule has 9 heteroatoms. The average molecular weight is 413 g/mol. The molecule has 0 amide bonds. The van der Waals surface area contributed by atoms with Gasteiger partial charge in [-0.1, -0.05) is 23.9 Å². The van der Waals surface area contributed by atoms with Crippen molar-refractivity contribution in [3.05, 3.63) is 68.5 Å². The van der Waals surface area contributed by atoms with E-state index in [1.807, 2.05) is 30.5 Å². The van der Waals surface area contributed by atoms with Crippen LogP contribution in [0.25, 0.3) is 20.3 Å². The smallest absolute Gasteiger partial charge is 0.272 e. The number of nitrogens with zero attached hydrogens (tertiary/aromatic N) is 3. The predicted octanol–water partition coefficient (Wildman–Crippen LogP) is 4.30. The molecule has 0 aliphatic rings. The highest BCUT2D eigenvalue weighted by molar-refractivity contribution is 7.98. The number of benzene rings is 2. The molecule has 4 aromatic rings. The van der Waals surface area contributed by atoms with E-state index in [1.165, 1.54) is 35.2 Å². The zero-order valence-corrected chi connectivity index (χ0v) is 16.7. The Morgan fingerprint density at radius 3 is 2.64 bits per heavy atom. The molecule has 0 saturated heterocycles. The number of thioether (sulfide) groups is 1. The number of non-ortho nitro benzene ring substituents is 1. The van der Waals surface area contributed by atoms with Gasteiger partial charge in [0.25, 0.3) is 11.2 Å². The number of fused-ring (bicyclic) bond motifs is 3. The summed E-state index contributed by atoms with van der Waals surface area (Å²) in [5.74, 6) is 0.751. The second kappa shape index (κ2) is 7.25. The van der Waals surface area contributed by atoms with E-state index in [0.29, 0.717) is 27.3 Å². The van der Waals surface area contributed by atoms with Crippen molar-refractivity contribution < 1.29 is 9.66 Å². The summed E-state index contributed by atoms with van der Waals surface area (Å²) in [6, 6.07) is 12.1. The molecule has 0 unspecified atom stereocenters. The Hall–Kier alpha value is -2.91. The summed E-state index contributed by atoms with van der Waals surface area (Å²) in [4.78, 5) is 28.5. The molecule has 7 nitrogen and oxygen atoms in total. The number of ether oxygens (including phenoxy) is 1. The van der Waals surface area contributed by atoms with Gasteiger partial charge >= 0.3 is 0 Å². The van der Waals surface area contributed by atoms with Crippen LogP contribution < -0.4 is 10.3 Å². The minimum absolute atomic E-state index is 0.0119. The van der Waals surface area contributed by atoms with Crippen LogP contribution in [0, 0.1) is 10.1 Å². The highest BCUT2D eigenvalue weighted by atomic mass is 32.2. The third kappa shape index (κ3) is 3.12. The van der Waals surface area contributed by atoms with Crippen molar-refractivity contribution >= 4 is 49.1 Å². The maximum absolute atomic E-state index is 13.2. The van der Waals surface area contributed by atoms with E-state index in [9.17, 15) is 14.9 Å². The van der Waals surface area contributed by atoms with E-state index >= 15 is 0 Å². The van der Waals surface area contributed by atoms with Gasteiger partial charge in [0.15, 0.2) is 5.16 Å². The van der Waals surface area contributed by atoms with Gasteiger partial charge in [0.1, 0.15) is 10.4 Å². The summed E-state index contributed by atoms with van der Waals surface area (Å²) in [5.41, 5.74) is 1.32. The Kier molecular flexibility index (Phi) is 4.78. The van der Waals surface area contributed by atoms with Gasteiger partial charge in [0, 0.05) is 22.2 Å². The molecule has 2 aromatic carbocycles. The number of hydrogen-bond acceptors (Lipinski definition) is 7. The van der Waals surface area contributed by atoms with Crippen molar-refractivity contribution in [3.8, 4) is 5.75 Å². The first-order valence-electron chi connectivity index (χ1n) is 8.30. The summed E-state index contributed by atoms with van der Waals surface area (Å²) in [6.45, 7) is 0.385. The molecule has 0 fully saturated rings. The van der Waals surface area contributed by atoms with E-state index in [1.54, 1.807) is 17.7 Å². The summed E-state index contributed by atoms with van der Waals surface area (Å²) >= 11 is 2.68. The molecule has 0 N–H and O–H groups in total. The first-order valence-corrected chi connectivity index (χ1v) is 10.3. The van der Waals surface area contributed by atoms with E-state index < -0.39 is 4.92 Å². The van der Waals surface area contributed by atoms with E-state index in [-0.39, 0.29) is 11.2 Å². The molecule has 0 aliphatic heterocycles. The van der Waals surface area contributed by atoms with Gasteiger partial charge in [-0.3, -0.25) is 19.5 Å². The summed E-state index contributed by atoms with van der Waals surface area (Å²) in [7, 11) is 1.61. The third-order valence-electron chi connectivity index (χ3n) is 4.42. The molecule has 0 aliphatic carbocycles. The van der Waals surface area contributed by atoms with Gasteiger partial charge in [-0.05, 0) is 30.0 Å². The topological polar surface area (TPSA) is 87.3 Å². The van der Waals surface area contributed by atoms with Crippen LogP contribution in [0.3, 0.4) is 0 Å². The quantitative estimate of drug-likeness (QED) is 0.210. The molecule has 4 rings (SSSR count). The number of nitro benzene ring substituents is 1. The van der Waals surface area contributed by atoms with Gasteiger partial charge < -0.3 is 4.74 Å². The minimum atomic E-state index is -0.441. The van der Waals surface area contributed by atoms with Crippen LogP contribution in [-0.4, -0.2) is 27.8 Å². The highest BCUT2D eigenvalue weighted by Gasteiger charge is 2.18. The van der Waals surface area contributed by atoms with Crippen LogP contribution >= 0.6 is 23.1 Å². The summed E-state index contributed by atoms with van der Waals surface area (Å²) in [6.07, 6.45) is 1.86. The van der Waals surface area contributed by atoms with Gasteiger partial charge in [-0.2, -0.15) is 0 Å². The van der Waals surface area contributed by atoms with Crippen LogP contribution in [0.4, 0.5) is 5.69 Å². The molecule has 0 radical (unpaired) electrons. The summed E-state index contributed by atoms with van der Waals surface area (Å²) in [5, 5.41) is 12.3. The standard InChI is InChI=1S/C19H15N3O4S2/c1-26-13-6-3-11(4-7-13)10-21-18(23)17-16(20-19(21)27-2)14-9-12(22(24)25)5-8-15(14)28-17/h3-9H,10H2,1-2H3. The Balaban J connectivity index is 1.89. The maximum atomic E-state index is 13.2. The van der Waals surface area contributed by atoms with Gasteiger partial charge in [0.2, 0.25) is 0 Å². The fourth-order valence-electron chi connectivity index (χ4n) is 3.02. The molecular weight excluding hydrogens is 398 g/mol. The Morgan fingerprint density at radius 1 is 1.25 bits per heavy atom. The predicted molar refractivity (Wildman–Crippen MR) is 112 cm³/mol. The van der Waals surface area contributed by atoms with Crippen LogP contribution in [0.15, 0.2) is 52.4 Å². The fourth-order valence-corrected chi connectivity index (χ4v) is 4.64. The third-order valence-corrected chi connectivity index (χ3v) is 6.24. The number of rotatable bonds is 5. The van der Waals surface area contributed by atoms with Crippen molar-refractivity contribution in [2.45, 2.75) is 11.7 Å². The molecule has 28 heavy (non-hydrogen) atoms. The molecule has 0 spiro atoms. The Morgan fingerprint density at radius 2 is 2.00 bits per heavy atom. The Labute approximate surface area is 167 Å². The maximum Gasteiger partial charge on any atom is 0.272 e. The largest absolute Gasteiger partial charge is 0.497 e. The molecule has 0 bridgehead atoms. The van der Waals surface area contributed by atoms with E-state index in [2.05, 4.69) is 4.98 Å². The Bertz CT molecular complexity index is 1260. The van der Waals surface area contributed by atoms with Crippen molar-refractivity contribution in [2.75, 3.05) is 13.4 Å². The molecule has 142 valence electrons. The highest BCUT2D eigenvalue weighted by Crippen LogP contribution is 2.34. The second-order valence-corrected chi connectivity index (χ2v) is 7.88. The zero-order chi connectivity index (χ0) is 19.8. The zero-order valence-electron chi connectivity index (χ0n) is 15.0. The molecular formula is C19H15N3O4S2. The molecule has 0 saturated carbocycles. The number of hydrogen-bond donors (Lipinski definition) is 0. The lowest BCUT2D eigenvalue weighted by Gasteiger charge is -2.11. The van der Waals surface area contributed by atoms with Crippen molar-refractivity contribution in [1.29, 1.82) is 0 Å². The molecule has 2 aromatic heterocycles. The SMILES string of the molecule is COc1ccc(Cn2c(SC)nc3c(sc4ccc([N+](=O)[O-])cc43)c2=O)cc1. The van der Waals surface area contributed by atoms with Crippen molar-refractivity contribution in [2.24, 2.45) is 0 Å². The lowest BCUT2D eigenvalue weighted by molar-refractivity contribution is -0.384. The van der Waals surface area contributed by atoms with E-state index in [4.69, 9.17) is 4.74 Å². The first kappa shape index (κ1) is 18.5. The van der Waals surface area contributed by atoms with Crippen LogP contribution in [0.5, 0.6) is 5.75 Å². The monoisotopic (exact) mass is 413 g/mol. The van der Waals surface area contributed by atoms with Crippen LogP contribution in [-0.2, 0) is 6.54 Å². The summed E-state index contributed by atoms with van der Waals surface area (Å²) < 4.78 is 8.12. The van der Waals surface area contributed by atoms with Crippen LogP contribution in [0.2, 0.25) is 0 Å². The lowest BCUT2D eigenvalue weighted by Crippen LogP contribution is -2.23. The van der Waals surface area contributed by atoms with Crippen molar-refractivity contribution in [3.63, 3.8) is 0 Å². The second-order valence-electron chi connectivity index (χ2n) is 6.06. The molecule has 0 atom stereocenters. The van der Waals surface area contributed by atoms with Gasteiger partial charge in [-0.25, -0.2) is 4.98 Å². The average Bonchev–Trinajstić information content (AvgIpc) is 3.08. The number of methoxy groups -OCH3 is 1. The van der Waals surface area contributed by atoms with Gasteiger partial charge in [-0.15, -0.1) is 11.3 Å². The number of thiophene rings is 1. The molecule has 2 heterocycles. The van der Waals surface area contributed by atoms with Gasteiger partial charge in [0.05, 0.1) is 24.1 Å². The lowest BCUT2D eigenvalue weighted by atomic mass is 10.2. The first-order chi connectivity index (χ1) is 13.5. The normalized spacial score (nSPS) is 11.2. The minimum Gasteiger partial charge on any atom is -0.497 e. The number of aromatic nitrogens is 2.